The summed E-state index contributed by atoms with van der Waals surface area (Å²) in [5.41, 5.74) is 6.85. The van der Waals surface area contributed by atoms with Gasteiger partial charge in [-0.2, -0.15) is 0 Å². The molecule has 1 atom stereocenters. The summed E-state index contributed by atoms with van der Waals surface area (Å²) in [7, 11) is 0. The Morgan fingerprint density at radius 3 is 1.97 bits per heavy atom. The lowest BCUT2D eigenvalue weighted by atomic mass is 9.86. The Morgan fingerprint density at radius 1 is 0.909 bits per heavy atom. The van der Waals surface area contributed by atoms with E-state index in [1.54, 1.807) is 0 Å². The minimum Gasteiger partial charge on any atom is -0.449 e. The normalized spacial score (nSPS) is 13.7. The summed E-state index contributed by atoms with van der Waals surface area (Å²) in [5, 5.41) is 2.29. The van der Waals surface area contributed by atoms with E-state index in [9.17, 15) is 9.59 Å². The lowest BCUT2D eigenvalue weighted by molar-refractivity contribution is -0.112. The molecule has 0 saturated heterocycles. The molecule has 1 unspecified atom stereocenters. The van der Waals surface area contributed by atoms with Crippen molar-refractivity contribution in [3.8, 4) is 11.1 Å². The van der Waals surface area contributed by atoms with Crippen molar-refractivity contribution in [3.63, 3.8) is 0 Å². The van der Waals surface area contributed by atoms with Gasteiger partial charge in [-0.1, -0.05) is 93.6 Å². The maximum Gasteiger partial charge on any atom is 0.407 e. The van der Waals surface area contributed by atoms with Crippen LogP contribution in [0.25, 0.3) is 11.1 Å². The average Bonchev–Trinajstić information content (AvgIpc) is 3.11. The molecule has 33 heavy (non-hydrogen) atoms. The third kappa shape index (κ3) is 5.14. The van der Waals surface area contributed by atoms with Crippen LogP contribution in [0, 0.1) is 0 Å². The summed E-state index contributed by atoms with van der Waals surface area (Å²) < 4.78 is 5.59. The minimum atomic E-state index is -0.760. The number of hydrogen-bond donors (Lipinski definition) is 2. The van der Waals surface area contributed by atoms with Gasteiger partial charge in [0.05, 0.1) is 0 Å². The Bertz CT molecular complexity index is 1120. The van der Waals surface area contributed by atoms with E-state index >= 15 is 0 Å². The van der Waals surface area contributed by atoms with Gasteiger partial charge in [-0.25, -0.2) is 4.79 Å². The molecule has 0 spiro atoms. The highest BCUT2D eigenvalue weighted by Gasteiger charge is 2.29. The molecule has 3 aromatic rings. The van der Waals surface area contributed by atoms with Crippen molar-refractivity contribution < 1.29 is 14.3 Å². The maximum absolute atomic E-state index is 12.6. The molecule has 170 valence electrons. The van der Waals surface area contributed by atoms with Crippen LogP contribution in [0.2, 0.25) is 0 Å². The number of fused-ring (bicyclic) bond motifs is 3. The number of carbonyl (C=O) groups is 2. The number of alkyl carbamates (subject to hydrolysis) is 1. The van der Waals surface area contributed by atoms with Gasteiger partial charge < -0.3 is 10.1 Å². The van der Waals surface area contributed by atoms with E-state index in [1.165, 1.54) is 16.7 Å². The monoisotopic (exact) mass is 459 g/mol. The number of thiol groups is 1. The van der Waals surface area contributed by atoms with Gasteiger partial charge in [0.15, 0.2) is 0 Å². The summed E-state index contributed by atoms with van der Waals surface area (Å²) in [6.45, 7) is 6.66. The lowest BCUT2D eigenvalue weighted by Gasteiger charge is -2.20. The van der Waals surface area contributed by atoms with Crippen molar-refractivity contribution >= 4 is 23.8 Å². The third-order valence-electron chi connectivity index (χ3n) is 6.19. The molecule has 0 saturated carbocycles. The van der Waals surface area contributed by atoms with Crippen molar-refractivity contribution in [2.24, 2.45) is 0 Å². The summed E-state index contributed by atoms with van der Waals surface area (Å²) in [4.78, 5) is 24.7. The zero-order valence-electron chi connectivity index (χ0n) is 19.2. The van der Waals surface area contributed by atoms with Crippen LogP contribution >= 0.6 is 12.6 Å². The molecule has 0 heterocycles. The van der Waals surface area contributed by atoms with Crippen LogP contribution in [-0.4, -0.2) is 23.9 Å². The van der Waals surface area contributed by atoms with Gasteiger partial charge in [0.1, 0.15) is 12.6 Å². The standard InChI is InChI=1S/C28H29NO3S/c1-28(2,3)19-14-12-18(13-15-19)16-25(26(30)33)29-27(31)32-17-24-22-10-6-4-8-20(22)21-9-5-7-11-23(21)24/h4-15,24-25H,16-17H2,1-3H3,(H,29,31)(H,30,33). The van der Waals surface area contributed by atoms with Crippen LogP contribution in [-0.2, 0) is 21.4 Å². The third-order valence-corrected chi connectivity index (χ3v) is 6.51. The van der Waals surface area contributed by atoms with Gasteiger partial charge in [0, 0.05) is 12.3 Å². The second-order valence-corrected chi connectivity index (χ2v) is 9.95. The van der Waals surface area contributed by atoms with Gasteiger partial charge >= 0.3 is 6.09 Å². The predicted octanol–water partition coefficient (Wildman–Crippen LogP) is 5.89. The van der Waals surface area contributed by atoms with Gasteiger partial charge in [0.25, 0.3) is 0 Å². The van der Waals surface area contributed by atoms with E-state index < -0.39 is 17.3 Å². The number of amides is 1. The quantitative estimate of drug-likeness (QED) is 0.452. The SMILES string of the molecule is CC(C)(C)c1ccc(CC(NC(=O)OCC2c3ccccc3-c3ccccc32)C(=O)S)cc1. The van der Waals surface area contributed by atoms with Crippen LogP contribution < -0.4 is 5.32 Å². The van der Waals surface area contributed by atoms with Crippen LogP contribution in [0.1, 0.15) is 48.9 Å². The molecule has 3 aromatic carbocycles. The van der Waals surface area contributed by atoms with Crippen molar-refractivity contribution in [1.82, 2.24) is 5.32 Å². The molecule has 0 fully saturated rings. The highest BCUT2D eigenvalue weighted by atomic mass is 32.1. The number of ether oxygens (including phenoxy) is 1. The van der Waals surface area contributed by atoms with Crippen LogP contribution in [0.15, 0.2) is 72.8 Å². The largest absolute Gasteiger partial charge is 0.449 e. The first-order valence-corrected chi connectivity index (χ1v) is 11.6. The zero-order valence-corrected chi connectivity index (χ0v) is 20.1. The van der Waals surface area contributed by atoms with Gasteiger partial charge in [-0.3, -0.25) is 4.79 Å². The van der Waals surface area contributed by atoms with E-state index in [2.05, 4.69) is 75.1 Å². The molecular formula is C28H29NO3S. The minimum absolute atomic E-state index is 0.0294. The summed E-state index contributed by atoms with van der Waals surface area (Å²) in [6, 6.07) is 23.7. The van der Waals surface area contributed by atoms with Crippen molar-refractivity contribution in [2.75, 3.05) is 6.61 Å². The van der Waals surface area contributed by atoms with Gasteiger partial charge in [0.2, 0.25) is 5.12 Å². The molecule has 1 aliphatic rings. The van der Waals surface area contributed by atoms with E-state index in [1.807, 2.05) is 36.4 Å². The van der Waals surface area contributed by atoms with E-state index in [0.29, 0.717) is 6.42 Å². The molecule has 4 rings (SSSR count). The molecule has 0 radical (unpaired) electrons. The summed E-state index contributed by atoms with van der Waals surface area (Å²) in [5.74, 6) is -0.0294. The topological polar surface area (TPSA) is 55.4 Å². The number of carbonyl (C=O) groups excluding carboxylic acids is 2. The smallest absolute Gasteiger partial charge is 0.407 e. The molecule has 1 aliphatic carbocycles. The maximum atomic E-state index is 12.6. The Balaban J connectivity index is 1.41. The number of benzene rings is 3. The fraction of sp³-hybridized carbons (Fsp3) is 0.286. The molecular weight excluding hydrogens is 430 g/mol. The second-order valence-electron chi connectivity index (χ2n) is 9.51. The second kappa shape index (κ2) is 9.44. The number of rotatable bonds is 6. The van der Waals surface area contributed by atoms with Gasteiger partial charge in [-0.05, 0) is 38.8 Å². The first-order valence-electron chi connectivity index (χ1n) is 11.2. The average molecular weight is 460 g/mol. The molecule has 4 nitrogen and oxygen atoms in total. The van der Waals surface area contributed by atoms with Crippen LogP contribution in [0.5, 0.6) is 0 Å². The van der Waals surface area contributed by atoms with Crippen molar-refractivity contribution in [2.45, 2.75) is 44.6 Å². The highest BCUT2D eigenvalue weighted by Crippen LogP contribution is 2.44. The highest BCUT2D eigenvalue weighted by molar-refractivity contribution is 7.96. The Kier molecular flexibility index (Phi) is 6.61. The van der Waals surface area contributed by atoms with E-state index in [0.717, 1.165) is 16.7 Å². The van der Waals surface area contributed by atoms with Gasteiger partial charge in [-0.15, -0.1) is 12.6 Å². The summed E-state index contributed by atoms with van der Waals surface area (Å²) >= 11 is 3.98. The fourth-order valence-corrected chi connectivity index (χ4v) is 4.51. The molecule has 5 heteroatoms. The van der Waals surface area contributed by atoms with Crippen LogP contribution in [0.3, 0.4) is 0 Å². The first-order chi connectivity index (χ1) is 15.7. The lowest BCUT2D eigenvalue weighted by Crippen LogP contribution is -2.41. The Morgan fingerprint density at radius 2 is 1.45 bits per heavy atom. The molecule has 1 amide bonds. The zero-order chi connectivity index (χ0) is 23.6. The van der Waals surface area contributed by atoms with E-state index in [4.69, 9.17) is 4.74 Å². The number of hydrogen-bond acceptors (Lipinski definition) is 3. The van der Waals surface area contributed by atoms with Crippen molar-refractivity contribution in [1.29, 1.82) is 0 Å². The summed E-state index contributed by atoms with van der Waals surface area (Å²) in [6.07, 6.45) is -0.257. The number of nitrogens with one attached hydrogen (secondary N) is 1. The Hall–Kier alpha value is -3.05. The predicted molar refractivity (Wildman–Crippen MR) is 135 cm³/mol. The molecule has 0 bridgehead atoms. The Labute approximate surface area is 200 Å². The van der Waals surface area contributed by atoms with Crippen molar-refractivity contribution in [3.05, 3.63) is 95.1 Å². The molecule has 0 aliphatic heterocycles. The fourth-order valence-electron chi connectivity index (χ4n) is 4.36. The van der Waals surface area contributed by atoms with Crippen LogP contribution in [0.4, 0.5) is 4.79 Å². The molecule has 0 aromatic heterocycles. The first kappa shape index (κ1) is 23.1. The van der Waals surface area contributed by atoms with E-state index in [-0.39, 0.29) is 17.9 Å². The molecule has 1 N–H and O–H groups in total.